The number of halogens is 2. The number of benzene rings is 2. The summed E-state index contributed by atoms with van der Waals surface area (Å²) < 4.78 is 6.95. The first-order valence-electron chi connectivity index (χ1n) is 9.20. The van der Waals surface area contributed by atoms with E-state index in [1.54, 1.807) is 12.1 Å². The highest BCUT2D eigenvalue weighted by molar-refractivity contribution is 6.42. The zero-order chi connectivity index (χ0) is 21.7. The number of methoxy groups -OCH3 is 1. The number of aryl methyl sites for hydroxylation is 1. The smallest absolute Gasteiger partial charge is 0.255 e. The number of allylic oxidation sites excluding steroid dienone is 1. The highest BCUT2D eigenvalue weighted by Crippen LogP contribution is 2.29. The lowest BCUT2D eigenvalue weighted by Gasteiger charge is -2.19. The molecule has 1 aromatic heterocycles. The van der Waals surface area contributed by atoms with Crippen molar-refractivity contribution in [1.82, 2.24) is 25.5 Å². The quantitative estimate of drug-likeness (QED) is 0.520. The fraction of sp³-hybridized carbons (Fsp3) is 0.238. The van der Waals surface area contributed by atoms with Gasteiger partial charge in [-0.25, -0.2) is 4.68 Å². The number of amides is 1. The Morgan fingerprint density at radius 3 is 2.73 bits per heavy atom. The first-order valence-corrected chi connectivity index (χ1v) is 9.96. The monoisotopic (exact) mass is 445 g/mol. The first-order chi connectivity index (χ1) is 14.4. The standard InChI is InChI=1S/C21H21Cl2N5O2/c1-4-5-15(14-6-7-18(22)19(23)9-14)11-24-21(29)17-10-16(28-12-25-26-27-28)8-13(2)20(17)30-3/h4,6-10,12,15H,1,5,11H2,2-3H3,(H,24,29). The zero-order valence-electron chi connectivity index (χ0n) is 16.6. The summed E-state index contributed by atoms with van der Waals surface area (Å²) >= 11 is 12.2. The first kappa shape index (κ1) is 21.8. The van der Waals surface area contributed by atoms with Crippen LogP contribution in [0.3, 0.4) is 0 Å². The Hall–Kier alpha value is -2.90. The van der Waals surface area contributed by atoms with Gasteiger partial charge in [-0.05, 0) is 59.2 Å². The number of ether oxygens (including phenoxy) is 1. The van der Waals surface area contributed by atoms with E-state index in [1.165, 1.54) is 18.1 Å². The van der Waals surface area contributed by atoms with Gasteiger partial charge >= 0.3 is 0 Å². The van der Waals surface area contributed by atoms with Gasteiger partial charge in [-0.3, -0.25) is 4.79 Å². The summed E-state index contributed by atoms with van der Waals surface area (Å²) in [6, 6.07) is 9.01. The van der Waals surface area contributed by atoms with E-state index in [1.807, 2.05) is 31.2 Å². The second kappa shape index (κ2) is 9.73. The van der Waals surface area contributed by atoms with Gasteiger partial charge in [0.2, 0.25) is 0 Å². The molecule has 3 aromatic rings. The van der Waals surface area contributed by atoms with Crippen molar-refractivity contribution in [2.24, 2.45) is 0 Å². The van der Waals surface area contributed by atoms with Gasteiger partial charge in [0.15, 0.2) is 0 Å². The lowest BCUT2D eigenvalue weighted by Crippen LogP contribution is -2.29. The number of aromatic nitrogens is 4. The van der Waals surface area contributed by atoms with Crippen molar-refractivity contribution in [1.29, 1.82) is 0 Å². The molecule has 0 aliphatic rings. The molecule has 0 spiro atoms. The predicted molar refractivity (Wildman–Crippen MR) is 117 cm³/mol. The fourth-order valence-electron chi connectivity index (χ4n) is 3.22. The molecular weight excluding hydrogens is 425 g/mol. The van der Waals surface area contributed by atoms with Gasteiger partial charge in [0.1, 0.15) is 12.1 Å². The summed E-state index contributed by atoms with van der Waals surface area (Å²) in [6.07, 6.45) is 3.94. The minimum atomic E-state index is -0.265. The summed E-state index contributed by atoms with van der Waals surface area (Å²) in [5.74, 6) is 0.231. The lowest BCUT2D eigenvalue weighted by atomic mass is 9.95. The van der Waals surface area contributed by atoms with Crippen LogP contribution in [0.5, 0.6) is 5.75 Å². The van der Waals surface area contributed by atoms with Crippen molar-refractivity contribution in [2.45, 2.75) is 19.3 Å². The third-order valence-corrected chi connectivity index (χ3v) is 5.44. The molecule has 0 saturated carbocycles. The van der Waals surface area contributed by atoms with Crippen LogP contribution in [0.2, 0.25) is 10.0 Å². The maximum absolute atomic E-state index is 13.0. The normalized spacial score (nSPS) is 11.7. The van der Waals surface area contributed by atoms with Gasteiger partial charge in [-0.1, -0.05) is 35.3 Å². The number of rotatable bonds is 8. The maximum Gasteiger partial charge on any atom is 0.255 e. The van der Waals surface area contributed by atoms with Crippen molar-refractivity contribution in [2.75, 3.05) is 13.7 Å². The Kier molecular flexibility index (Phi) is 7.07. The molecule has 9 heteroatoms. The summed E-state index contributed by atoms with van der Waals surface area (Å²) in [7, 11) is 1.53. The number of hydrogen-bond donors (Lipinski definition) is 1. The molecule has 0 radical (unpaired) electrons. The third-order valence-electron chi connectivity index (χ3n) is 4.70. The van der Waals surface area contributed by atoms with E-state index >= 15 is 0 Å². The van der Waals surface area contributed by atoms with Crippen LogP contribution in [0.1, 0.15) is 33.8 Å². The molecule has 1 amide bonds. The molecule has 7 nitrogen and oxygen atoms in total. The van der Waals surface area contributed by atoms with Crippen molar-refractivity contribution >= 4 is 29.1 Å². The van der Waals surface area contributed by atoms with Crippen LogP contribution in [-0.2, 0) is 0 Å². The second-order valence-corrected chi connectivity index (χ2v) is 7.52. The summed E-state index contributed by atoms with van der Waals surface area (Å²) in [6.45, 7) is 6.07. The highest BCUT2D eigenvalue weighted by Gasteiger charge is 2.19. The minimum absolute atomic E-state index is 0.00370. The van der Waals surface area contributed by atoms with E-state index in [0.29, 0.717) is 40.0 Å². The van der Waals surface area contributed by atoms with Crippen LogP contribution in [0.25, 0.3) is 5.69 Å². The second-order valence-electron chi connectivity index (χ2n) is 6.70. The lowest BCUT2D eigenvalue weighted by molar-refractivity contribution is 0.0948. The van der Waals surface area contributed by atoms with Crippen LogP contribution in [0, 0.1) is 6.92 Å². The van der Waals surface area contributed by atoms with Gasteiger partial charge in [-0.15, -0.1) is 11.7 Å². The van der Waals surface area contributed by atoms with Crippen LogP contribution in [0.4, 0.5) is 0 Å². The molecule has 1 N–H and O–H groups in total. The summed E-state index contributed by atoms with van der Waals surface area (Å²) in [5.41, 5.74) is 2.82. The molecule has 1 unspecified atom stereocenters. The van der Waals surface area contributed by atoms with E-state index in [4.69, 9.17) is 27.9 Å². The van der Waals surface area contributed by atoms with E-state index < -0.39 is 0 Å². The molecule has 30 heavy (non-hydrogen) atoms. The topological polar surface area (TPSA) is 81.9 Å². The Morgan fingerprint density at radius 1 is 1.30 bits per heavy atom. The average Bonchev–Trinajstić information content (AvgIpc) is 3.27. The molecule has 0 fully saturated rings. The fourth-order valence-corrected chi connectivity index (χ4v) is 3.53. The number of carbonyl (C=O) groups is 1. The molecule has 0 saturated heterocycles. The molecule has 1 heterocycles. The molecule has 156 valence electrons. The van der Waals surface area contributed by atoms with Crippen LogP contribution < -0.4 is 10.1 Å². The van der Waals surface area contributed by atoms with E-state index in [2.05, 4.69) is 27.4 Å². The largest absolute Gasteiger partial charge is 0.496 e. The van der Waals surface area contributed by atoms with E-state index in [0.717, 1.165) is 11.1 Å². The number of hydrogen-bond acceptors (Lipinski definition) is 5. The van der Waals surface area contributed by atoms with Crippen molar-refractivity contribution in [3.8, 4) is 11.4 Å². The van der Waals surface area contributed by atoms with E-state index in [-0.39, 0.29) is 11.8 Å². The summed E-state index contributed by atoms with van der Waals surface area (Å²) in [5, 5.41) is 15.1. The Bertz CT molecular complexity index is 1050. The predicted octanol–water partition coefficient (Wildman–Crippen LogP) is 4.38. The Balaban J connectivity index is 1.85. The molecule has 1 atom stereocenters. The molecular formula is C21H21Cl2N5O2. The van der Waals surface area contributed by atoms with Crippen LogP contribution in [0.15, 0.2) is 49.3 Å². The van der Waals surface area contributed by atoms with E-state index in [9.17, 15) is 4.79 Å². The number of nitrogens with one attached hydrogen (secondary N) is 1. The SMILES string of the molecule is C=CCC(CNC(=O)c1cc(-n2cnnn2)cc(C)c1OC)c1ccc(Cl)c(Cl)c1. The van der Waals surface area contributed by atoms with Crippen molar-refractivity contribution < 1.29 is 9.53 Å². The molecule has 3 rings (SSSR count). The van der Waals surface area contributed by atoms with Gasteiger partial charge in [0.25, 0.3) is 5.91 Å². The Labute approximate surface area is 184 Å². The average molecular weight is 446 g/mol. The molecule has 0 aliphatic carbocycles. The van der Waals surface area contributed by atoms with Crippen LogP contribution in [-0.4, -0.2) is 39.8 Å². The van der Waals surface area contributed by atoms with Gasteiger partial charge in [0.05, 0.1) is 28.4 Å². The number of nitrogens with zero attached hydrogens (tertiary/aromatic N) is 4. The molecule has 2 aromatic carbocycles. The van der Waals surface area contributed by atoms with Gasteiger partial charge in [0, 0.05) is 12.5 Å². The van der Waals surface area contributed by atoms with Crippen molar-refractivity contribution in [3.05, 3.63) is 76.0 Å². The minimum Gasteiger partial charge on any atom is -0.496 e. The van der Waals surface area contributed by atoms with Gasteiger partial charge in [-0.2, -0.15) is 0 Å². The molecule has 0 aliphatic heterocycles. The van der Waals surface area contributed by atoms with Crippen molar-refractivity contribution in [3.63, 3.8) is 0 Å². The highest BCUT2D eigenvalue weighted by atomic mass is 35.5. The Morgan fingerprint density at radius 2 is 2.10 bits per heavy atom. The van der Waals surface area contributed by atoms with Gasteiger partial charge < -0.3 is 10.1 Å². The molecule has 0 bridgehead atoms. The third kappa shape index (κ3) is 4.80. The number of tetrazole rings is 1. The zero-order valence-corrected chi connectivity index (χ0v) is 18.1. The van der Waals surface area contributed by atoms with Crippen LogP contribution >= 0.6 is 23.2 Å². The number of carbonyl (C=O) groups excluding carboxylic acids is 1. The summed E-state index contributed by atoms with van der Waals surface area (Å²) in [4.78, 5) is 13.0. The maximum atomic E-state index is 13.0.